The standard InChI is InChI=1S/C11H11ClF3NO2/c1-2-18-9-4-3-7(11(13,14)15)5-8(9)16-10(17)6-12/h3-5H,2,6H2,1H3,(H,16,17). The molecule has 18 heavy (non-hydrogen) atoms. The van der Waals surface area contributed by atoms with Gasteiger partial charge in [-0.05, 0) is 25.1 Å². The molecule has 0 aliphatic carbocycles. The monoisotopic (exact) mass is 281 g/mol. The van der Waals surface area contributed by atoms with E-state index in [0.717, 1.165) is 18.2 Å². The lowest BCUT2D eigenvalue weighted by Crippen LogP contribution is -2.15. The second-order valence-electron chi connectivity index (χ2n) is 3.32. The summed E-state index contributed by atoms with van der Waals surface area (Å²) in [5.74, 6) is -0.775. The number of amides is 1. The Labute approximate surface area is 107 Å². The van der Waals surface area contributed by atoms with E-state index in [9.17, 15) is 18.0 Å². The number of alkyl halides is 4. The lowest BCUT2D eigenvalue weighted by molar-refractivity contribution is -0.137. The number of anilines is 1. The fraction of sp³-hybridized carbons (Fsp3) is 0.364. The van der Waals surface area contributed by atoms with E-state index < -0.39 is 17.6 Å². The van der Waals surface area contributed by atoms with E-state index in [1.165, 1.54) is 0 Å². The quantitative estimate of drug-likeness (QED) is 0.860. The summed E-state index contributed by atoms with van der Waals surface area (Å²) in [7, 11) is 0. The van der Waals surface area contributed by atoms with Gasteiger partial charge < -0.3 is 10.1 Å². The van der Waals surface area contributed by atoms with E-state index in [4.69, 9.17) is 16.3 Å². The summed E-state index contributed by atoms with van der Waals surface area (Å²) in [6, 6.07) is 2.87. The van der Waals surface area contributed by atoms with Crippen LogP contribution in [-0.2, 0) is 11.0 Å². The number of benzene rings is 1. The average molecular weight is 282 g/mol. The van der Waals surface area contributed by atoms with Gasteiger partial charge in [-0.25, -0.2) is 0 Å². The van der Waals surface area contributed by atoms with Gasteiger partial charge in [0.2, 0.25) is 5.91 Å². The number of rotatable bonds is 4. The van der Waals surface area contributed by atoms with Crippen molar-refractivity contribution in [3.05, 3.63) is 23.8 Å². The first-order chi connectivity index (χ1) is 8.38. The molecule has 3 nitrogen and oxygen atoms in total. The molecule has 0 aliphatic heterocycles. The van der Waals surface area contributed by atoms with Crippen LogP contribution in [0.5, 0.6) is 5.75 Å². The van der Waals surface area contributed by atoms with Crippen LogP contribution in [0.4, 0.5) is 18.9 Å². The van der Waals surface area contributed by atoms with Crippen molar-refractivity contribution in [1.29, 1.82) is 0 Å². The van der Waals surface area contributed by atoms with Gasteiger partial charge >= 0.3 is 6.18 Å². The van der Waals surface area contributed by atoms with Gasteiger partial charge in [-0.15, -0.1) is 11.6 Å². The Bertz CT molecular complexity index is 435. The molecule has 0 saturated carbocycles. The normalized spacial score (nSPS) is 11.2. The van der Waals surface area contributed by atoms with Crippen LogP contribution >= 0.6 is 11.6 Å². The number of ether oxygens (including phenoxy) is 1. The lowest BCUT2D eigenvalue weighted by Gasteiger charge is -2.14. The van der Waals surface area contributed by atoms with E-state index in [-0.39, 0.29) is 23.9 Å². The van der Waals surface area contributed by atoms with Gasteiger partial charge in [0.05, 0.1) is 17.9 Å². The van der Waals surface area contributed by atoms with Gasteiger partial charge in [-0.2, -0.15) is 13.2 Å². The van der Waals surface area contributed by atoms with Crippen molar-refractivity contribution in [2.75, 3.05) is 17.8 Å². The summed E-state index contributed by atoms with van der Waals surface area (Å²) < 4.78 is 42.7. The Morgan fingerprint density at radius 1 is 1.44 bits per heavy atom. The van der Waals surface area contributed by atoms with Gasteiger partial charge in [0.25, 0.3) is 0 Å². The maximum Gasteiger partial charge on any atom is 0.416 e. The molecule has 1 aromatic rings. The highest BCUT2D eigenvalue weighted by Gasteiger charge is 2.31. The number of carbonyl (C=O) groups is 1. The van der Waals surface area contributed by atoms with Crippen molar-refractivity contribution in [2.24, 2.45) is 0 Å². The Kier molecular flexibility index (Phi) is 4.84. The van der Waals surface area contributed by atoms with E-state index in [1.807, 2.05) is 0 Å². The van der Waals surface area contributed by atoms with Crippen LogP contribution in [0.15, 0.2) is 18.2 Å². The van der Waals surface area contributed by atoms with Gasteiger partial charge in [-0.1, -0.05) is 0 Å². The third-order valence-electron chi connectivity index (χ3n) is 2.00. The van der Waals surface area contributed by atoms with E-state index in [2.05, 4.69) is 5.32 Å². The summed E-state index contributed by atoms with van der Waals surface area (Å²) in [6.07, 6.45) is -4.48. The first-order valence-corrected chi connectivity index (χ1v) is 5.61. The third kappa shape index (κ3) is 3.80. The molecule has 0 bridgehead atoms. The minimum Gasteiger partial charge on any atom is -0.492 e. The van der Waals surface area contributed by atoms with Crippen molar-refractivity contribution in [2.45, 2.75) is 13.1 Å². The Morgan fingerprint density at radius 2 is 2.11 bits per heavy atom. The minimum absolute atomic E-state index is 0.0441. The molecule has 1 rings (SSSR count). The molecule has 0 unspecified atom stereocenters. The van der Waals surface area contributed by atoms with Gasteiger partial charge in [-0.3, -0.25) is 4.79 Å². The maximum absolute atomic E-state index is 12.5. The third-order valence-corrected chi connectivity index (χ3v) is 2.24. The molecule has 0 atom stereocenters. The highest BCUT2D eigenvalue weighted by Crippen LogP contribution is 2.35. The Balaban J connectivity index is 3.11. The summed E-state index contributed by atoms with van der Waals surface area (Å²) in [5, 5.41) is 2.26. The zero-order valence-electron chi connectivity index (χ0n) is 9.47. The largest absolute Gasteiger partial charge is 0.492 e. The Morgan fingerprint density at radius 3 is 2.61 bits per heavy atom. The fourth-order valence-corrected chi connectivity index (χ4v) is 1.34. The highest BCUT2D eigenvalue weighted by molar-refractivity contribution is 6.29. The predicted molar refractivity (Wildman–Crippen MR) is 62.0 cm³/mol. The molecule has 0 radical (unpaired) electrons. The fourth-order valence-electron chi connectivity index (χ4n) is 1.27. The molecular weight excluding hydrogens is 271 g/mol. The number of hydrogen-bond acceptors (Lipinski definition) is 2. The van der Waals surface area contributed by atoms with Gasteiger partial charge in [0.15, 0.2) is 0 Å². The van der Waals surface area contributed by atoms with Crippen LogP contribution in [0.3, 0.4) is 0 Å². The summed E-state index contributed by atoms with van der Waals surface area (Å²) in [6.45, 7) is 1.96. The van der Waals surface area contributed by atoms with Crippen molar-refractivity contribution < 1.29 is 22.7 Å². The SMILES string of the molecule is CCOc1ccc(C(F)(F)F)cc1NC(=O)CCl. The molecule has 0 spiro atoms. The molecule has 0 aromatic heterocycles. The number of halogens is 4. The Hall–Kier alpha value is -1.43. The van der Waals surface area contributed by atoms with Crippen molar-refractivity contribution >= 4 is 23.2 Å². The van der Waals surface area contributed by atoms with Crippen LogP contribution in [0, 0.1) is 0 Å². The van der Waals surface area contributed by atoms with Crippen LogP contribution in [-0.4, -0.2) is 18.4 Å². The smallest absolute Gasteiger partial charge is 0.416 e. The molecule has 7 heteroatoms. The molecule has 1 aromatic carbocycles. The molecule has 100 valence electrons. The van der Waals surface area contributed by atoms with E-state index in [0.29, 0.717) is 0 Å². The summed E-state index contributed by atoms with van der Waals surface area (Å²) in [5.41, 5.74) is -0.909. The van der Waals surface area contributed by atoms with E-state index in [1.54, 1.807) is 6.92 Å². The number of carbonyl (C=O) groups excluding carboxylic acids is 1. The zero-order chi connectivity index (χ0) is 13.8. The van der Waals surface area contributed by atoms with E-state index >= 15 is 0 Å². The first kappa shape index (κ1) is 14.6. The summed E-state index contributed by atoms with van der Waals surface area (Å²) in [4.78, 5) is 11.1. The van der Waals surface area contributed by atoms with Crippen LogP contribution in [0.1, 0.15) is 12.5 Å². The van der Waals surface area contributed by atoms with Crippen molar-refractivity contribution in [3.63, 3.8) is 0 Å². The second-order valence-corrected chi connectivity index (χ2v) is 3.59. The van der Waals surface area contributed by atoms with Crippen molar-refractivity contribution in [1.82, 2.24) is 0 Å². The zero-order valence-corrected chi connectivity index (χ0v) is 10.2. The second kappa shape index (κ2) is 5.95. The first-order valence-electron chi connectivity index (χ1n) is 5.08. The van der Waals surface area contributed by atoms with Crippen LogP contribution in [0.2, 0.25) is 0 Å². The number of nitrogens with one attached hydrogen (secondary N) is 1. The average Bonchev–Trinajstić information content (AvgIpc) is 2.30. The molecular formula is C11H11ClF3NO2. The molecule has 0 saturated heterocycles. The van der Waals surface area contributed by atoms with Crippen molar-refractivity contribution in [3.8, 4) is 5.75 Å². The summed E-state index contributed by atoms with van der Waals surface area (Å²) >= 11 is 5.29. The number of hydrogen-bond donors (Lipinski definition) is 1. The van der Waals surface area contributed by atoms with Gasteiger partial charge in [0.1, 0.15) is 11.6 Å². The minimum atomic E-state index is -4.48. The molecule has 1 N–H and O–H groups in total. The van der Waals surface area contributed by atoms with Gasteiger partial charge in [0, 0.05) is 0 Å². The molecule has 0 fully saturated rings. The van der Waals surface area contributed by atoms with Crippen LogP contribution < -0.4 is 10.1 Å². The van der Waals surface area contributed by atoms with Crippen LogP contribution in [0.25, 0.3) is 0 Å². The molecule has 0 heterocycles. The maximum atomic E-state index is 12.5. The predicted octanol–water partition coefficient (Wildman–Crippen LogP) is 3.28. The lowest BCUT2D eigenvalue weighted by atomic mass is 10.1. The molecule has 1 amide bonds. The highest BCUT2D eigenvalue weighted by atomic mass is 35.5. The topological polar surface area (TPSA) is 38.3 Å². The molecule has 0 aliphatic rings.